The van der Waals surface area contributed by atoms with Crippen LogP contribution in [0.25, 0.3) is 44.5 Å². The van der Waals surface area contributed by atoms with Crippen molar-refractivity contribution in [2.24, 2.45) is 0 Å². The zero-order valence-electron chi connectivity index (χ0n) is 35.1. The van der Waals surface area contributed by atoms with Gasteiger partial charge in [-0.2, -0.15) is 0 Å². The number of ether oxygens (including phenoxy) is 2. The van der Waals surface area contributed by atoms with Crippen LogP contribution in [-0.4, -0.2) is 0 Å². The van der Waals surface area contributed by atoms with E-state index in [1.807, 2.05) is 0 Å². The van der Waals surface area contributed by atoms with Crippen molar-refractivity contribution < 1.29 is 9.47 Å². The van der Waals surface area contributed by atoms with Gasteiger partial charge >= 0.3 is 0 Å². The van der Waals surface area contributed by atoms with Gasteiger partial charge in [0, 0.05) is 23.0 Å². The minimum absolute atomic E-state index is 0.403. The number of para-hydroxylation sites is 1. The molecule has 65 heavy (non-hydrogen) atoms. The van der Waals surface area contributed by atoms with E-state index < -0.39 is 10.8 Å². The van der Waals surface area contributed by atoms with E-state index in [4.69, 9.17) is 9.47 Å². The standard InChI is InChI=1S/C62H37NO2/c1-2-16-38(17-3-1)63(39-30-32-54-47(36-39)45-22-8-14-28-52(45)61(54)48-24-10-4-18-41(48)42-19-5-11-25-49(42)61)40-31-34-56-58(37-40)65-60-57(64-56)35-33-55-59(60)46-23-9-15-29-53(46)62(55)50-26-12-6-20-43(50)44-21-7-13-27-51(44)62/h1-37H. The number of fused-ring (bicyclic) bond motifs is 23. The minimum Gasteiger partial charge on any atom is -0.449 e. The predicted octanol–water partition coefficient (Wildman–Crippen LogP) is 15.7. The molecule has 1 aliphatic heterocycles. The van der Waals surface area contributed by atoms with Crippen LogP contribution in [0.2, 0.25) is 0 Å². The van der Waals surface area contributed by atoms with Gasteiger partial charge < -0.3 is 14.4 Å². The summed E-state index contributed by atoms with van der Waals surface area (Å²) in [5, 5.41) is 0. The minimum atomic E-state index is -0.475. The van der Waals surface area contributed by atoms with Crippen LogP contribution in [0.1, 0.15) is 44.5 Å². The summed E-state index contributed by atoms with van der Waals surface area (Å²) in [5.41, 5.74) is 22.6. The topological polar surface area (TPSA) is 21.7 Å². The van der Waals surface area contributed by atoms with Gasteiger partial charge in [0.15, 0.2) is 23.0 Å². The number of rotatable bonds is 3. The van der Waals surface area contributed by atoms with Crippen LogP contribution in [0.4, 0.5) is 17.1 Å². The highest BCUT2D eigenvalue weighted by Gasteiger charge is 2.54. The van der Waals surface area contributed by atoms with E-state index in [0.29, 0.717) is 11.5 Å². The van der Waals surface area contributed by atoms with Crippen LogP contribution in [0.3, 0.4) is 0 Å². The van der Waals surface area contributed by atoms with Crippen molar-refractivity contribution in [3.05, 3.63) is 269 Å². The Kier molecular flexibility index (Phi) is 6.82. The zero-order valence-corrected chi connectivity index (χ0v) is 35.1. The monoisotopic (exact) mass is 827 g/mol. The molecule has 0 N–H and O–H groups in total. The molecule has 10 aromatic rings. The molecule has 0 unspecified atom stereocenters. The molecular weight excluding hydrogens is 791 g/mol. The van der Waals surface area contributed by atoms with E-state index in [1.165, 1.54) is 83.5 Å². The lowest BCUT2D eigenvalue weighted by molar-refractivity contribution is 0.360. The lowest BCUT2D eigenvalue weighted by Crippen LogP contribution is -2.25. The summed E-state index contributed by atoms with van der Waals surface area (Å²) < 4.78 is 14.0. The molecule has 0 amide bonds. The first kappa shape index (κ1) is 35.1. The van der Waals surface area contributed by atoms with Gasteiger partial charge in [-0.15, -0.1) is 0 Å². The molecule has 10 aromatic carbocycles. The third kappa shape index (κ3) is 4.31. The van der Waals surface area contributed by atoms with E-state index in [2.05, 4.69) is 229 Å². The van der Waals surface area contributed by atoms with Gasteiger partial charge in [-0.25, -0.2) is 0 Å². The smallest absolute Gasteiger partial charge is 0.178 e. The second-order valence-electron chi connectivity index (χ2n) is 17.8. The molecule has 0 fully saturated rings. The van der Waals surface area contributed by atoms with E-state index in [9.17, 15) is 0 Å². The molecule has 15 rings (SSSR count). The summed E-state index contributed by atoms with van der Waals surface area (Å²) in [6.07, 6.45) is 0. The Morgan fingerprint density at radius 3 is 1.23 bits per heavy atom. The lowest BCUT2D eigenvalue weighted by atomic mass is 9.70. The Hall–Kier alpha value is -8.40. The van der Waals surface area contributed by atoms with Gasteiger partial charge in [0.2, 0.25) is 0 Å². The Morgan fingerprint density at radius 1 is 0.262 bits per heavy atom. The molecule has 3 heteroatoms. The fourth-order valence-corrected chi connectivity index (χ4v) is 12.6. The Bertz CT molecular complexity index is 3610. The predicted molar refractivity (Wildman–Crippen MR) is 260 cm³/mol. The fraction of sp³-hybridized carbons (Fsp3) is 0.0323. The first-order valence-electron chi connectivity index (χ1n) is 22.5. The summed E-state index contributed by atoms with van der Waals surface area (Å²) >= 11 is 0. The van der Waals surface area contributed by atoms with E-state index >= 15 is 0 Å². The molecular formula is C62H37NO2. The Labute approximate surface area is 377 Å². The maximum absolute atomic E-state index is 7.22. The van der Waals surface area contributed by atoms with Crippen molar-refractivity contribution >= 4 is 17.1 Å². The average molecular weight is 828 g/mol. The average Bonchev–Trinajstić information content (AvgIpc) is 4.05. The molecule has 3 nitrogen and oxygen atoms in total. The van der Waals surface area contributed by atoms with Crippen molar-refractivity contribution in [3.63, 3.8) is 0 Å². The lowest BCUT2D eigenvalue weighted by Gasteiger charge is -2.32. The third-order valence-corrected chi connectivity index (χ3v) is 14.9. The fourth-order valence-electron chi connectivity index (χ4n) is 12.6. The summed E-state index contributed by atoms with van der Waals surface area (Å²) in [5.74, 6) is 2.84. The molecule has 0 atom stereocenters. The van der Waals surface area contributed by atoms with Gasteiger partial charge in [0.25, 0.3) is 0 Å². The van der Waals surface area contributed by atoms with Crippen LogP contribution >= 0.6 is 0 Å². The van der Waals surface area contributed by atoms with Gasteiger partial charge in [-0.3, -0.25) is 0 Å². The molecule has 302 valence electrons. The number of hydrogen-bond donors (Lipinski definition) is 0. The van der Waals surface area contributed by atoms with E-state index in [-0.39, 0.29) is 0 Å². The highest BCUT2D eigenvalue weighted by molar-refractivity contribution is 5.99. The maximum atomic E-state index is 7.22. The molecule has 0 aromatic heterocycles. The van der Waals surface area contributed by atoms with Crippen LogP contribution in [0.5, 0.6) is 23.0 Å². The first-order valence-corrected chi connectivity index (χ1v) is 22.5. The van der Waals surface area contributed by atoms with Gasteiger partial charge in [-0.05, 0) is 126 Å². The molecule has 5 aliphatic rings. The zero-order chi connectivity index (χ0) is 42.4. The van der Waals surface area contributed by atoms with Crippen LogP contribution < -0.4 is 14.4 Å². The van der Waals surface area contributed by atoms with Crippen molar-refractivity contribution in [1.29, 1.82) is 0 Å². The van der Waals surface area contributed by atoms with Crippen LogP contribution in [0, 0.1) is 0 Å². The quantitative estimate of drug-likeness (QED) is 0.177. The van der Waals surface area contributed by atoms with Crippen LogP contribution in [0.15, 0.2) is 224 Å². The van der Waals surface area contributed by atoms with Gasteiger partial charge in [0.1, 0.15) is 0 Å². The number of benzene rings is 10. The molecule has 1 heterocycles. The summed E-state index contributed by atoms with van der Waals surface area (Å²) in [4.78, 5) is 2.34. The maximum Gasteiger partial charge on any atom is 0.178 e. The molecule has 0 radical (unpaired) electrons. The molecule has 4 aliphatic carbocycles. The number of nitrogens with zero attached hydrogens (tertiary/aromatic N) is 1. The molecule has 0 saturated carbocycles. The van der Waals surface area contributed by atoms with Crippen molar-refractivity contribution in [3.8, 4) is 67.5 Å². The SMILES string of the molecule is c1ccc(N(c2ccc3c(c2)Oc2c(ccc4c2-c2ccccc2C42c4ccccc4-c4ccccc42)O3)c2ccc3c(c2)-c2ccccc2C32c3ccccc3-c3ccccc32)cc1. The Balaban J connectivity index is 0.893. The van der Waals surface area contributed by atoms with Crippen molar-refractivity contribution in [2.45, 2.75) is 10.8 Å². The molecule has 0 bridgehead atoms. The van der Waals surface area contributed by atoms with Gasteiger partial charge in [-0.1, -0.05) is 176 Å². The normalized spacial score (nSPS) is 14.6. The third-order valence-electron chi connectivity index (χ3n) is 14.9. The second kappa shape index (κ2) is 12.6. The largest absolute Gasteiger partial charge is 0.449 e. The van der Waals surface area contributed by atoms with Crippen LogP contribution in [-0.2, 0) is 10.8 Å². The van der Waals surface area contributed by atoms with Crippen molar-refractivity contribution in [1.82, 2.24) is 0 Å². The van der Waals surface area contributed by atoms with E-state index in [0.717, 1.165) is 34.1 Å². The second-order valence-corrected chi connectivity index (χ2v) is 17.8. The van der Waals surface area contributed by atoms with Crippen molar-refractivity contribution in [2.75, 3.05) is 4.90 Å². The summed E-state index contributed by atoms with van der Waals surface area (Å²) in [6, 6.07) is 82.1. The van der Waals surface area contributed by atoms with Gasteiger partial charge in [0.05, 0.1) is 16.5 Å². The summed E-state index contributed by atoms with van der Waals surface area (Å²) in [6.45, 7) is 0. The van der Waals surface area contributed by atoms with E-state index in [1.54, 1.807) is 0 Å². The first-order chi connectivity index (χ1) is 32.2. The molecule has 2 spiro atoms. The summed E-state index contributed by atoms with van der Waals surface area (Å²) in [7, 11) is 0. The Morgan fingerprint density at radius 2 is 0.662 bits per heavy atom. The number of hydrogen-bond acceptors (Lipinski definition) is 3. The number of anilines is 3. The highest BCUT2D eigenvalue weighted by Crippen LogP contribution is 2.67. The highest BCUT2D eigenvalue weighted by atomic mass is 16.6. The molecule has 0 saturated heterocycles.